The zero-order valence-corrected chi connectivity index (χ0v) is 90.3. The molecule has 0 aromatic heterocycles. The third kappa shape index (κ3) is 32.3. The molecule has 0 aliphatic carbocycles. The Labute approximate surface area is 994 Å². The topological polar surface area (TPSA) is 148 Å². The van der Waals surface area contributed by atoms with Crippen LogP contribution >= 0.6 is 23.5 Å². The van der Waals surface area contributed by atoms with Gasteiger partial charge in [-0.05, 0) is 170 Å². The van der Waals surface area contributed by atoms with Crippen LogP contribution in [-0.4, -0.2) is 0 Å². The number of hydrogen-bond acceptors (Lipinski definition) is 9. The molecule has 18 aromatic carbocycles. The van der Waals surface area contributed by atoms with Crippen molar-refractivity contribution < 1.29 is 279 Å². The fraction of sp³-hybridized carbons (Fsp3) is 0. The molecule has 0 fully saturated rings. The largest absolute Gasteiger partial charge is 1.00 e. The summed E-state index contributed by atoms with van der Waals surface area (Å²) in [5, 5.41) is 76.7. The molecular weight excluding hydrogens is 1790 g/mol. The van der Waals surface area contributed by atoms with Gasteiger partial charge in [0.1, 0.15) is 11.5 Å². The van der Waals surface area contributed by atoms with Crippen LogP contribution < -0.4 is 279 Å². The van der Waals surface area contributed by atoms with E-state index < -0.39 is 0 Å². The summed E-state index contributed by atoms with van der Waals surface area (Å²) in [5.74, 6) is -0.754. The van der Waals surface area contributed by atoms with Crippen molar-refractivity contribution in [3.8, 4) is 113 Å². The molecule has 0 N–H and O–H groups in total. The maximum Gasteiger partial charge on any atom is 1.00 e. The van der Waals surface area contributed by atoms with E-state index in [4.69, 9.17) is 4.74 Å². The third-order valence-electron chi connectivity index (χ3n) is 21.4. The third-order valence-corrected chi connectivity index (χ3v) is 23.5. The van der Waals surface area contributed by atoms with E-state index in [1.54, 1.807) is 48.5 Å². The van der Waals surface area contributed by atoms with Crippen LogP contribution in [0.3, 0.4) is 0 Å². The predicted molar refractivity (Wildman–Crippen MR) is 528 cm³/mol. The van der Waals surface area contributed by atoms with Crippen LogP contribution in [0.2, 0.25) is 0 Å². The van der Waals surface area contributed by atoms with Crippen LogP contribution in [0.15, 0.2) is 456 Å². The van der Waals surface area contributed by atoms with Gasteiger partial charge in [-0.15, -0.1) is 0 Å². The van der Waals surface area contributed by atoms with Crippen LogP contribution in [0, 0.1) is 0 Å². The molecule has 18 aromatic rings. The summed E-state index contributed by atoms with van der Waals surface area (Å²) in [6, 6.07) is 141. The average Bonchev–Trinajstić information content (AvgIpc) is 0.815. The Morgan fingerprint density at radius 2 is 0.281 bits per heavy atom. The van der Waals surface area contributed by atoms with Gasteiger partial charge >= 0.3 is 243 Å². The monoisotopic (exact) mass is 1870 g/mol. The molecule has 7 nitrogen and oxygen atoms in total. The first-order valence-electron chi connectivity index (χ1n) is 42.2. The predicted octanol–water partition coefficient (Wildman–Crippen LogP) is 10.6. The van der Waals surface area contributed by atoms with Crippen LogP contribution in [0.1, 0.15) is 66.8 Å². The van der Waals surface area contributed by atoms with E-state index in [2.05, 4.69) is 243 Å². The van der Waals surface area contributed by atoms with E-state index in [9.17, 15) is 30.6 Å². The van der Waals surface area contributed by atoms with Gasteiger partial charge in [-0.2, -0.15) is 0 Å². The molecular formula is C120H84K4Li2O7S2. The second kappa shape index (κ2) is 55.9. The van der Waals surface area contributed by atoms with Gasteiger partial charge in [0.2, 0.25) is 0 Å². The van der Waals surface area contributed by atoms with Crippen LogP contribution in [-0.2, 0) is 0 Å². The smallest absolute Gasteiger partial charge is 0.872 e. The summed E-state index contributed by atoms with van der Waals surface area (Å²) < 4.78 is 5.94. The molecule has 135 heavy (non-hydrogen) atoms. The number of rotatable bonds is 24. The van der Waals surface area contributed by atoms with E-state index in [-0.39, 0.29) is 289 Å². The van der Waals surface area contributed by atoms with Gasteiger partial charge in [-0.25, -0.2) is 0 Å². The molecule has 0 heterocycles. The van der Waals surface area contributed by atoms with Crippen LogP contribution in [0.25, 0.3) is 140 Å². The summed E-state index contributed by atoms with van der Waals surface area (Å²) in [4.78, 5) is 2.12. The Morgan fingerprint density at radius 1 is 0.148 bits per heavy atom. The summed E-state index contributed by atoms with van der Waals surface area (Å²) in [6.07, 6.45) is 24.9. The minimum atomic E-state index is -0.287. The van der Waals surface area contributed by atoms with Crippen molar-refractivity contribution in [3.05, 3.63) is 504 Å². The van der Waals surface area contributed by atoms with Gasteiger partial charge in [0.05, 0.1) is 0 Å². The molecule has 624 valence electrons. The summed E-state index contributed by atoms with van der Waals surface area (Å²) >= 11 is 2.46. The van der Waals surface area contributed by atoms with Gasteiger partial charge < -0.3 is 35.4 Å². The van der Waals surface area contributed by atoms with Crippen LogP contribution in [0.4, 0.5) is 0 Å². The Kier molecular flexibility index (Phi) is 44.9. The molecule has 0 saturated carbocycles. The number of benzene rings is 18. The Balaban J connectivity index is 0.000000205. The van der Waals surface area contributed by atoms with Crippen molar-refractivity contribution >= 4 is 96.4 Å². The normalized spacial score (nSPS) is 10.8. The summed E-state index contributed by atoms with van der Waals surface area (Å²) in [5.41, 5.74) is 24.7. The number of ether oxygens (including phenoxy) is 1. The maximum atomic E-state index is 12.8. The molecule has 0 spiro atoms. The Hall–Kier alpha value is -8.56. The van der Waals surface area contributed by atoms with Crippen LogP contribution in [0.5, 0.6) is 46.0 Å². The van der Waals surface area contributed by atoms with Crippen molar-refractivity contribution in [2.24, 2.45) is 0 Å². The van der Waals surface area contributed by atoms with E-state index in [0.29, 0.717) is 19.6 Å². The first kappa shape index (κ1) is 108. The second-order valence-electron chi connectivity index (χ2n) is 30.5. The average molecular weight is 1870 g/mol. The number of hydrogen-bond donors (Lipinski definition) is 0. The van der Waals surface area contributed by atoms with Crippen molar-refractivity contribution in [1.82, 2.24) is 0 Å². The molecule has 0 bridgehead atoms. The zero-order chi connectivity index (χ0) is 88.3. The maximum absolute atomic E-state index is 12.8. The zero-order valence-electron chi connectivity index (χ0n) is 76.2. The van der Waals surface area contributed by atoms with E-state index in [1.165, 1.54) is 35.7 Å². The van der Waals surface area contributed by atoms with Crippen molar-refractivity contribution in [3.63, 3.8) is 0 Å². The Bertz CT molecular complexity index is 5910. The molecule has 0 saturated heterocycles. The summed E-state index contributed by atoms with van der Waals surface area (Å²) in [6.45, 7) is 0. The fourth-order valence-corrected chi connectivity index (χ4v) is 16.1. The SMILES string of the molecule is [K+].[K+].[K+].[K+].[Li+].[Li+].[O-]c1ccc(-c2ccc(/C=C/c3ccccc3)cc2)cc1Oc1cc(-c2ccc(/C=C/c3ccccc3)cc2)ccc1[O-].[O-]c1ccc(-c2ccc(/C=C/c3ccccc3)cc2)cc1Sc1cc(-c2ccc(/C=C/c3ccccc3)cc2)ccc1[O-].[O-]c1ccc(-c2ccc(/C=C/c3ccccc3)cc2)cc1Sc1cc(-c2ccc(/C=C/c3ccccc3)cc2)ccc1[O-]. The fourth-order valence-electron chi connectivity index (χ4n) is 14.2. The van der Waals surface area contributed by atoms with E-state index in [0.717, 1.165) is 134 Å². The molecule has 0 unspecified atom stereocenters. The molecule has 18 rings (SSSR count). The van der Waals surface area contributed by atoms with Crippen molar-refractivity contribution in [2.45, 2.75) is 19.6 Å². The van der Waals surface area contributed by atoms with Gasteiger partial charge in [0.25, 0.3) is 0 Å². The standard InChI is InChI=1S/C40H30O3.2C40H30O2S.4K.2Li/c3*41-37-25-23-35(33-19-15-31(16-20-33)13-11-29-7-3-1-4-8-29)27-39(37)43-40-28-36(24-26-38(40)42)34-21-17-32(18-22-34)14-12-30-9-5-2-6-10-30;;;;;;/h3*1-28,41-42H;;;;;;/q;;;6*+1/p-6/b3*13-11+,14-12+;;;;;;. The molecule has 0 atom stereocenters. The van der Waals surface area contributed by atoms with E-state index >= 15 is 0 Å². The van der Waals surface area contributed by atoms with Gasteiger partial charge in [0.15, 0.2) is 0 Å². The van der Waals surface area contributed by atoms with Crippen molar-refractivity contribution in [1.29, 1.82) is 0 Å². The minimum absolute atomic E-state index is 0. The second-order valence-corrected chi connectivity index (χ2v) is 32.6. The molecule has 0 aliphatic rings. The van der Waals surface area contributed by atoms with Gasteiger partial charge in [0, 0.05) is 19.6 Å². The molecule has 0 aliphatic heterocycles. The molecule has 15 heteroatoms. The molecule has 0 radical (unpaired) electrons. The first-order chi connectivity index (χ1) is 63.3. The van der Waals surface area contributed by atoms with Gasteiger partial charge in [-0.3, -0.25) is 0 Å². The minimum Gasteiger partial charge on any atom is -0.872 e. The summed E-state index contributed by atoms with van der Waals surface area (Å²) in [7, 11) is 0. The van der Waals surface area contributed by atoms with Crippen molar-refractivity contribution in [2.75, 3.05) is 0 Å². The first-order valence-corrected chi connectivity index (χ1v) is 43.9. The quantitative estimate of drug-likeness (QED) is 0.0426. The Morgan fingerprint density at radius 3 is 0.444 bits per heavy atom. The van der Waals surface area contributed by atoms with Gasteiger partial charge in [-0.1, -0.05) is 531 Å². The van der Waals surface area contributed by atoms with E-state index in [1.807, 2.05) is 206 Å². The molecule has 0 amide bonds.